The Morgan fingerprint density at radius 3 is 3.00 bits per heavy atom. The maximum Gasteiger partial charge on any atom is 0.353 e. The van der Waals surface area contributed by atoms with Crippen molar-refractivity contribution in [3.05, 3.63) is 28.6 Å². The van der Waals surface area contributed by atoms with E-state index >= 15 is 0 Å². The first kappa shape index (κ1) is 11.0. The van der Waals surface area contributed by atoms with Gasteiger partial charge in [-0.1, -0.05) is 5.21 Å². The summed E-state index contributed by atoms with van der Waals surface area (Å²) in [6.07, 6.45) is 3.24. The van der Waals surface area contributed by atoms with Gasteiger partial charge in [-0.25, -0.2) is 9.48 Å². The molecule has 7 nitrogen and oxygen atoms in total. The van der Waals surface area contributed by atoms with Crippen molar-refractivity contribution in [2.75, 3.05) is 0 Å². The van der Waals surface area contributed by atoms with E-state index in [1.165, 1.54) is 22.1 Å². The smallest absolute Gasteiger partial charge is 0.353 e. The van der Waals surface area contributed by atoms with Gasteiger partial charge in [0.15, 0.2) is 0 Å². The SMILES string of the molecule is Cn1nncc1/C=C1\C(=O)N2C(C(=O)O)=CS[C@H]12. The van der Waals surface area contributed by atoms with Crippen LogP contribution in [0.1, 0.15) is 5.69 Å². The molecule has 1 aromatic heterocycles. The molecule has 0 radical (unpaired) electrons. The molecule has 18 heavy (non-hydrogen) atoms. The Hall–Kier alpha value is -2.09. The number of carboxylic acids is 1. The van der Waals surface area contributed by atoms with E-state index in [0.717, 1.165) is 0 Å². The van der Waals surface area contributed by atoms with Crippen molar-refractivity contribution in [1.29, 1.82) is 0 Å². The van der Waals surface area contributed by atoms with Crippen molar-refractivity contribution in [2.45, 2.75) is 5.37 Å². The Bertz CT molecular complexity index is 618. The third kappa shape index (κ3) is 1.39. The summed E-state index contributed by atoms with van der Waals surface area (Å²) in [6, 6.07) is 0. The fourth-order valence-corrected chi connectivity index (χ4v) is 2.97. The lowest BCUT2D eigenvalue weighted by atomic mass is 10.0. The highest BCUT2D eigenvalue weighted by molar-refractivity contribution is 8.03. The van der Waals surface area contributed by atoms with Crippen molar-refractivity contribution in [3.63, 3.8) is 0 Å². The second-order valence-electron chi connectivity index (χ2n) is 3.85. The summed E-state index contributed by atoms with van der Waals surface area (Å²) in [6.45, 7) is 0. The number of thioether (sulfide) groups is 1. The molecule has 1 aromatic rings. The molecule has 1 N–H and O–H groups in total. The standard InChI is InChI=1S/C10H8N4O3S/c1-13-5(3-11-12-13)2-6-8(15)14-7(10(16)17)4-18-9(6)14/h2-4,9H,1H3,(H,16,17)/b6-2+/t9-/m1/s1. The zero-order valence-corrected chi connectivity index (χ0v) is 10.1. The van der Waals surface area contributed by atoms with Crippen LogP contribution in [0.2, 0.25) is 0 Å². The van der Waals surface area contributed by atoms with E-state index in [1.807, 2.05) is 0 Å². The van der Waals surface area contributed by atoms with Gasteiger partial charge in [0.1, 0.15) is 11.1 Å². The molecule has 8 heteroatoms. The van der Waals surface area contributed by atoms with E-state index in [1.54, 1.807) is 24.0 Å². The first-order valence-corrected chi connectivity index (χ1v) is 6.02. The number of aromatic nitrogens is 3. The number of fused-ring (bicyclic) bond motifs is 1. The lowest BCUT2D eigenvalue weighted by molar-refractivity contribution is -0.141. The highest BCUT2D eigenvalue weighted by Crippen LogP contribution is 2.44. The molecule has 0 aromatic carbocycles. The topological polar surface area (TPSA) is 88.3 Å². The summed E-state index contributed by atoms with van der Waals surface area (Å²) in [5.74, 6) is -1.36. The Kier molecular flexibility index (Phi) is 2.27. The largest absolute Gasteiger partial charge is 0.477 e. The summed E-state index contributed by atoms with van der Waals surface area (Å²) >= 11 is 1.31. The minimum absolute atomic E-state index is 0.0373. The molecule has 0 aliphatic carbocycles. The fourth-order valence-electron chi connectivity index (χ4n) is 1.85. The number of nitrogens with zero attached hydrogens (tertiary/aromatic N) is 4. The quantitative estimate of drug-likeness (QED) is 0.599. The molecule has 1 fully saturated rings. The molecule has 3 heterocycles. The van der Waals surface area contributed by atoms with E-state index < -0.39 is 5.97 Å². The highest BCUT2D eigenvalue weighted by atomic mass is 32.2. The number of aryl methyl sites for hydroxylation is 1. The van der Waals surface area contributed by atoms with Crippen LogP contribution in [0.25, 0.3) is 6.08 Å². The van der Waals surface area contributed by atoms with Gasteiger partial charge in [0, 0.05) is 12.5 Å². The number of hydrogen-bond donors (Lipinski definition) is 1. The Morgan fingerprint density at radius 2 is 2.39 bits per heavy atom. The number of rotatable bonds is 2. The third-order valence-corrected chi connectivity index (χ3v) is 3.89. The van der Waals surface area contributed by atoms with Crippen LogP contribution in [-0.4, -0.2) is 42.3 Å². The van der Waals surface area contributed by atoms with Gasteiger partial charge in [-0.3, -0.25) is 9.69 Å². The molecule has 0 unspecified atom stereocenters. The van der Waals surface area contributed by atoms with E-state index in [9.17, 15) is 9.59 Å². The van der Waals surface area contributed by atoms with Crippen LogP contribution in [0, 0.1) is 0 Å². The Labute approximate surface area is 106 Å². The van der Waals surface area contributed by atoms with Gasteiger partial charge in [0.05, 0.1) is 17.5 Å². The molecule has 1 amide bonds. The number of amides is 1. The number of carbonyl (C=O) groups excluding carboxylic acids is 1. The van der Waals surface area contributed by atoms with Crippen molar-refractivity contribution < 1.29 is 14.7 Å². The number of β-lactam (4-membered cyclic amide) rings is 1. The summed E-state index contributed by atoms with van der Waals surface area (Å²) < 4.78 is 1.55. The molecule has 0 bridgehead atoms. The van der Waals surface area contributed by atoms with Crippen LogP contribution >= 0.6 is 11.8 Å². The molecule has 0 spiro atoms. The predicted molar refractivity (Wildman–Crippen MR) is 62.9 cm³/mol. The minimum atomic E-state index is -1.08. The average molecular weight is 264 g/mol. The van der Waals surface area contributed by atoms with Crippen LogP contribution in [0.3, 0.4) is 0 Å². The van der Waals surface area contributed by atoms with Crippen LogP contribution < -0.4 is 0 Å². The maximum atomic E-state index is 11.9. The van der Waals surface area contributed by atoms with Crippen molar-refractivity contribution in [2.24, 2.45) is 7.05 Å². The molecule has 2 aliphatic rings. The van der Waals surface area contributed by atoms with Gasteiger partial charge >= 0.3 is 5.97 Å². The molecule has 2 aliphatic heterocycles. The second-order valence-corrected chi connectivity index (χ2v) is 4.81. The van der Waals surface area contributed by atoms with Crippen molar-refractivity contribution >= 4 is 29.7 Å². The van der Waals surface area contributed by atoms with E-state index in [-0.39, 0.29) is 17.0 Å². The fraction of sp³-hybridized carbons (Fsp3) is 0.200. The highest BCUT2D eigenvalue weighted by Gasteiger charge is 2.49. The van der Waals surface area contributed by atoms with E-state index in [4.69, 9.17) is 5.11 Å². The molecular weight excluding hydrogens is 256 g/mol. The average Bonchev–Trinajstić information content (AvgIpc) is 2.90. The van der Waals surface area contributed by atoms with Crippen LogP contribution in [-0.2, 0) is 16.6 Å². The number of carbonyl (C=O) groups is 2. The van der Waals surface area contributed by atoms with Crippen LogP contribution in [0.5, 0.6) is 0 Å². The second kappa shape index (κ2) is 3.70. The van der Waals surface area contributed by atoms with Gasteiger partial charge in [-0.15, -0.1) is 16.9 Å². The van der Waals surface area contributed by atoms with Crippen molar-refractivity contribution in [1.82, 2.24) is 19.9 Å². The Morgan fingerprint density at radius 1 is 1.61 bits per heavy atom. The molecule has 0 saturated carbocycles. The summed E-state index contributed by atoms with van der Waals surface area (Å²) in [7, 11) is 1.73. The van der Waals surface area contributed by atoms with Gasteiger partial charge in [-0.2, -0.15) is 0 Å². The van der Waals surface area contributed by atoms with Crippen molar-refractivity contribution in [3.8, 4) is 0 Å². The van der Waals surface area contributed by atoms with Gasteiger partial charge < -0.3 is 5.11 Å². The lowest BCUT2D eigenvalue weighted by Gasteiger charge is -2.37. The molecule has 1 atom stereocenters. The number of aliphatic carboxylic acids is 1. The van der Waals surface area contributed by atoms with Crippen LogP contribution in [0.4, 0.5) is 0 Å². The van der Waals surface area contributed by atoms with Gasteiger partial charge in [0.2, 0.25) is 0 Å². The van der Waals surface area contributed by atoms with Gasteiger partial charge in [0.25, 0.3) is 5.91 Å². The normalized spacial score (nSPS) is 23.9. The summed E-state index contributed by atoms with van der Waals surface area (Å²) in [5.41, 5.74) is 1.32. The maximum absolute atomic E-state index is 11.9. The molecule has 1 saturated heterocycles. The first-order valence-electron chi connectivity index (χ1n) is 5.08. The zero-order chi connectivity index (χ0) is 12.9. The molecule has 92 valence electrons. The van der Waals surface area contributed by atoms with Crippen LogP contribution in [0.15, 0.2) is 22.9 Å². The predicted octanol–water partition coefficient (Wildman–Crippen LogP) is 0.0396. The van der Waals surface area contributed by atoms with Gasteiger partial charge in [-0.05, 0) is 6.08 Å². The van der Waals surface area contributed by atoms with E-state index in [2.05, 4.69) is 10.3 Å². The molecule has 3 rings (SSSR count). The number of carboxylic acid groups (broad SMARTS) is 1. The zero-order valence-electron chi connectivity index (χ0n) is 9.27. The Balaban J connectivity index is 1.89. The molecular formula is C10H8N4O3S. The summed E-state index contributed by atoms with van der Waals surface area (Å²) in [5, 5.41) is 17.7. The number of hydrogen-bond acceptors (Lipinski definition) is 5. The first-order chi connectivity index (χ1) is 8.59. The van der Waals surface area contributed by atoms with E-state index in [0.29, 0.717) is 11.3 Å². The lowest BCUT2D eigenvalue weighted by Crippen LogP contribution is -2.51. The minimum Gasteiger partial charge on any atom is -0.477 e. The third-order valence-electron chi connectivity index (χ3n) is 2.81. The summed E-state index contributed by atoms with van der Waals surface area (Å²) in [4.78, 5) is 24.1. The monoisotopic (exact) mass is 264 g/mol.